The van der Waals surface area contributed by atoms with Crippen molar-refractivity contribution in [2.24, 2.45) is 5.73 Å². The molecular formula is C40H31N3O2. The van der Waals surface area contributed by atoms with Crippen molar-refractivity contribution in [1.29, 1.82) is 0 Å². The summed E-state index contributed by atoms with van der Waals surface area (Å²) in [6.07, 6.45) is 3.78. The van der Waals surface area contributed by atoms with Crippen molar-refractivity contribution >= 4 is 21.8 Å². The molecule has 5 heteroatoms. The van der Waals surface area contributed by atoms with Crippen LogP contribution in [0.5, 0.6) is 23.0 Å². The van der Waals surface area contributed by atoms with Crippen LogP contribution < -0.4 is 20.5 Å². The fraction of sp³-hybridized carbons (Fsp3) is 0.0500. The van der Waals surface area contributed by atoms with Crippen molar-refractivity contribution in [2.45, 2.75) is 6.54 Å². The monoisotopic (exact) mass is 585 g/mol. The summed E-state index contributed by atoms with van der Waals surface area (Å²) in [6.45, 7) is 1.14. The van der Waals surface area contributed by atoms with E-state index in [9.17, 15) is 0 Å². The van der Waals surface area contributed by atoms with Crippen LogP contribution >= 0.6 is 0 Å². The second kappa shape index (κ2) is 11.4. The molecule has 0 fully saturated rings. The van der Waals surface area contributed by atoms with Crippen LogP contribution in [0.15, 0.2) is 146 Å². The van der Waals surface area contributed by atoms with E-state index in [1.165, 1.54) is 10.8 Å². The Labute approximate surface area is 261 Å². The Hall–Kier alpha value is -5.78. The first-order valence-electron chi connectivity index (χ1n) is 15.2. The minimum absolute atomic E-state index is 0.492. The molecule has 0 saturated carbocycles. The van der Waals surface area contributed by atoms with E-state index >= 15 is 0 Å². The van der Waals surface area contributed by atoms with Gasteiger partial charge in [-0.15, -0.1) is 0 Å². The summed E-state index contributed by atoms with van der Waals surface area (Å²) in [5.74, 6) is 3.06. The Morgan fingerprint density at radius 2 is 1.09 bits per heavy atom. The summed E-state index contributed by atoms with van der Waals surface area (Å²) in [5.41, 5.74) is 13.9. The lowest BCUT2D eigenvalue weighted by atomic mass is 9.99. The largest absolute Gasteiger partial charge is 0.456 e. The van der Waals surface area contributed by atoms with Crippen LogP contribution in [0.1, 0.15) is 5.56 Å². The summed E-state index contributed by atoms with van der Waals surface area (Å²) in [4.78, 5) is 0. The number of ether oxygens (including phenoxy) is 2. The topological polar surface area (TPSA) is 61.4 Å². The van der Waals surface area contributed by atoms with Gasteiger partial charge in [-0.25, -0.2) is 0 Å². The highest BCUT2D eigenvalue weighted by Gasteiger charge is 2.22. The first kappa shape index (κ1) is 26.8. The quantitative estimate of drug-likeness (QED) is 0.211. The molecular weight excluding hydrogens is 554 g/mol. The van der Waals surface area contributed by atoms with Crippen molar-refractivity contribution < 1.29 is 9.47 Å². The molecule has 0 bridgehead atoms. The van der Waals surface area contributed by atoms with Gasteiger partial charge < -0.3 is 25.1 Å². The van der Waals surface area contributed by atoms with Crippen molar-refractivity contribution in [3.63, 3.8) is 0 Å². The maximum Gasteiger partial charge on any atom is 0.137 e. The Morgan fingerprint density at radius 1 is 0.556 bits per heavy atom. The normalized spacial score (nSPS) is 12.1. The van der Waals surface area contributed by atoms with Gasteiger partial charge in [0, 0.05) is 57.9 Å². The number of benzene rings is 6. The zero-order valence-corrected chi connectivity index (χ0v) is 24.6. The lowest BCUT2D eigenvalue weighted by molar-refractivity contribution is 0.472. The first-order chi connectivity index (χ1) is 22.3. The third kappa shape index (κ3) is 4.80. The van der Waals surface area contributed by atoms with E-state index in [0.29, 0.717) is 13.1 Å². The summed E-state index contributed by atoms with van der Waals surface area (Å²) in [7, 11) is 0. The molecule has 0 saturated heterocycles. The molecule has 1 aliphatic rings. The molecule has 7 aromatic rings. The average molecular weight is 586 g/mol. The van der Waals surface area contributed by atoms with E-state index in [1.54, 1.807) is 0 Å². The van der Waals surface area contributed by atoms with Crippen LogP contribution in [-0.2, 0) is 6.54 Å². The number of fused-ring (bicyclic) bond motifs is 9. The van der Waals surface area contributed by atoms with Gasteiger partial charge in [0.2, 0.25) is 0 Å². The van der Waals surface area contributed by atoms with Crippen molar-refractivity contribution in [2.75, 3.05) is 6.54 Å². The van der Waals surface area contributed by atoms with Crippen molar-refractivity contribution in [3.8, 4) is 50.9 Å². The van der Waals surface area contributed by atoms with Gasteiger partial charge in [-0.3, -0.25) is 0 Å². The molecule has 3 N–H and O–H groups in total. The van der Waals surface area contributed by atoms with Crippen LogP contribution in [0.4, 0.5) is 0 Å². The van der Waals surface area contributed by atoms with Gasteiger partial charge in [0.25, 0.3) is 0 Å². The van der Waals surface area contributed by atoms with E-state index in [1.807, 2.05) is 48.7 Å². The Morgan fingerprint density at radius 3 is 1.73 bits per heavy atom. The fourth-order valence-corrected chi connectivity index (χ4v) is 6.26. The zero-order chi connectivity index (χ0) is 30.2. The maximum absolute atomic E-state index is 6.91. The fourth-order valence-electron chi connectivity index (χ4n) is 6.26. The van der Waals surface area contributed by atoms with E-state index in [0.717, 1.165) is 67.5 Å². The number of nitrogens with zero attached hydrogens (tertiary/aromatic N) is 1. The van der Waals surface area contributed by atoms with Crippen LogP contribution in [0.25, 0.3) is 49.7 Å². The molecule has 6 aromatic carbocycles. The molecule has 0 spiro atoms. The second-order valence-corrected chi connectivity index (χ2v) is 11.1. The van der Waals surface area contributed by atoms with Gasteiger partial charge >= 0.3 is 0 Å². The van der Waals surface area contributed by atoms with Crippen molar-refractivity contribution in [1.82, 2.24) is 9.88 Å². The number of rotatable bonds is 5. The van der Waals surface area contributed by atoms with E-state index in [2.05, 4.69) is 107 Å². The summed E-state index contributed by atoms with van der Waals surface area (Å²) in [6, 6.07) is 46.2. The number of aromatic nitrogens is 1. The molecule has 0 radical (unpaired) electrons. The highest BCUT2D eigenvalue weighted by atomic mass is 16.5. The molecule has 45 heavy (non-hydrogen) atoms. The molecule has 0 atom stereocenters. The molecule has 0 amide bonds. The number of nitrogens with two attached hydrogens (primary N) is 1. The lowest BCUT2D eigenvalue weighted by Crippen LogP contribution is -2.06. The van der Waals surface area contributed by atoms with E-state index < -0.39 is 0 Å². The van der Waals surface area contributed by atoms with Gasteiger partial charge in [0.15, 0.2) is 0 Å². The number of hydrogen-bond acceptors (Lipinski definition) is 4. The van der Waals surface area contributed by atoms with Gasteiger partial charge in [-0.05, 0) is 54.2 Å². The van der Waals surface area contributed by atoms with Gasteiger partial charge in [0.05, 0.1) is 11.0 Å². The molecule has 5 nitrogen and oxygen atoms in total. The number of nitrogens with one attached hydrogen (secondary N) is 1. The summed E-state index contributed by atoms with van der Waals surface area (Å²) < 4.78 is 16.0. The minimum Gasteiger partial charge on any atom is -0.456 e. The number of para-hydroxylation sites is 4. The second-order valence-electron chi connectivity index (χ2n) is 11.1. The Kier molecular flexibility index (Phi) is 6.78. The third-order valence-electron chi connectivity index (χ3n) is 8.32. The van der Waals surface area contributed by atoms with Gasteiger partial charge in [-0.1, -0.05) is 91.0 Å². The first-order valence-corrected chi connectivity index (χ1v) is 15.2. The van der Waals surface area contributed by atoms with Gasteiger partial charge in [-0.2, -0.15) is 0 Å². The van der Waals surface area contributed by atoms with E-state index in [4.69, 9.17) is 15.2 Å². The van der Waals surface area contributed by atoms with Crippen LogP contribution in [0, 0.1) is 0 Å². The number of hydrogen-bond donors (Lipinski definition) is 2. The van der Waals surface area contributed by atoms with Crippen LogP contribution in [-0.4, -0.2) is 11.1 Å². The molecule has 0 aliphatic carbocycles. The summed E-state index contributed by atoms with van der Waals surface area (Å²) in [5, 5.41) is 5.76. The van der Waals surface area contributed by atoms with Crippen LogP contribution in [0.2, 0.25) is 0 Å². The smallest absolute Gasteiger partial charge is 0.137 e. The molecule has 8 rings (SSSR count). The average Bonchev–Trinajstić information content (AvgIpc) is 3.42. The van der Waals surface area contributed by atoms with E-state index in [-0.39, 0.29) is 0 Å². The predicted octanol–water partition coefficient (Wildman–Crippen LogP) is 9.58. The summed E-state index contributed by atoms with van der Waals surface area (Å²) >= 11 is 0. The Balaban J connectivity index is 1.35. The minimum atomic E-state index is 0.492. The molecule has 1 aliphatic heterocycles. The molecule has 218 valence electrons. The Bertz CT molecular complexity index is 2180. The maximum atomic E-state index is 6.91. The SMILES string of the molecule is NC/C=C\NCc1ccc2c(c1)Oc1ccccc1-c1ccccc1Oc1cc(-n3c4ccccc4c4ccccc43)ccc1-2. The molecule has 2 heterocycles. The zero-order valence-electron chi connectivity index (χ0n) is 24.6. The predicted molar refractivity (Wildman–Crippen MR) is 183 cm³/mol. The van der Waals surface area contributed by atoms with Crippen molar-refractivity contribution in [3.05, 3.63) is 151 Å². The standard InChI is InChI=1S/C40H31N3O2/c41-22-9-23-42-26-27-18-20-33-34-21-19-28(43-35-14-5-1-10-29(35)30-11-2-6-15-36(30)43)25-40(34)45-38-17-8-4-13-32(38)31-12-3-7-16-37(31)44-39(33)24-27/h1-21,23-25,42H,22,26,41H2/b23-9-. The highest BCUT2D eigenvalue weighted by molar-refractivity contribution is 6.09. The molecule has 1 aromatic heterocycles. The molecule has 0 unspecified atom stereocenters. The lowest BCUT2D eigenvalue weighted by Gasteiger charge is -2.22. The van der Waals surface area contributed by atoms with Crippen LogP contribution in [0.3, 0.4) is 0 Å². The highest BCUT2D eigenvalue weighted by Crippen LogP contribution is 2.47. The van der Waals surface area contributed by atoms with Gasteiger partial charge in [0.1, 0.15) is 23.0 Å². The third-order valence-corrected chi connectivity index (χ3v) is 8.32.